The number of aryl methyl sites for hydroxylation is 2. The largest absolute Gasteiger partial charge is 0.507 e. The highest BCUT2D eigenvalue weighted by Crippen LogP contribution is 2.47. The maximum Gasteiger partial charge on any atom is 0.350 e. The first kappa shape index (κ1) is 28.4. The summed E-state index contributed by atoms with van der Waals surface area (Å²) in [5.74, 6) is -1.53. The van der Waals surface area contributed by atoms with Crippen molar-refractivity contribution in [1.29, 1.82) is 0 Å². The van der Waals surface area contributed by atoms with E-state index >= 15 is 0 Å². The molecule has 1 aromatic heterocycles. The van der Waals surface area contributed by atoms with E-state index in [0.717, 1.165) is 16.2 Å². The molecule has 10 nitrogen and oxygen atoms in total. The average Bonchev–Trinajstić information content (AvgIpc) is 3.46. The first-order valence-corrected chi connectivity index (χ1v) is 12.9. The number of anilines is 1. The van der Waals surface area contributed by atoms with Crippen LogP contribution in [0.2, 0.25) is 0 Å². The Labute approximate surface area is 235 Å². The van der Waals surface area contributed by atoms with Crippen molar-refractivity contribution < 1.29 is 38.4 Å². The third-order valence-corrected chi connectivity index (χ3v) is 7.51. The summed E-state index contributed by atoms with van der Waals surface area (Å²) in [6.07, 6.45) is 1.43. The van der Waals surface area contributed by atoms with Crippen LogP contribution in [0.3, 0.4) is 0 Å². The van der Waals surface area contributed by atoms with Gasteiger partial charge >= 0.3 is 11.9 Å². The zero-order valence-corrected chi connectivity index (χ0v) is 23.5. The maximum atomic E-state index is 13.6. The molecular formula is C29H28N2O8S. The third-order valence-electron chi connectivity index (χ3n) is 6.37. The molecule has 0 unspecified atom stereocenters. The van der Waals surface area contributed by atoms with Crippen molar-refractivity contribution in [2.45, 2.75) is 19.9 Å². The summed E-state index contributed by atoms with van der Waals surface area (Å²) < 4.78 is 21.4. The van der Waals surface area contributed by atoms with Gasteiger partial charge in [0.25, 0.3) is 5.78 Å². The number of esters is 1. The number of ether oxygens (including phenoxy) is 4. The van der Waals surface area contributed by atoms with E-state index in [9.17, 15) is 19.5 Å². The van der Waals surface area contributed by atoms with E-state index in [2.05, 4.69) is 11.6 Å². The molecule has 40 heavy (non-hydrogen) atoms. The van der Waals surface area contributed by atoms with Gasteiger partial charge in [0.15, 0.2) is 5.13 Å². The molecule has 1 fully saturated rings. The number of aliphatic hydroxyl groups is 1. The van der Waals surface area contributed by atoms with Gasteiger partial charge < -0.3 is 24.1 Å². The van der Waals surface area contributed by atoms with Gasteiger partial charge in [0.05, 0.1) is 32.6 Å². The van der Waals surface area contributed by atoms with Crippen LogP contribution in [0.1, 0.15) is 38.1 Å². The molecule has 1 aliphatic heterocycles. The van der Waals surface area contributed by atoms with Gasteiger partial charge in [-0.1, -0.05) is 24.0 Å². The lowest BCUT2D eigenvalue weighted by atomic mass is 9.93. The molecule has 11 heteroatoms. The second-order valence-electron chi connectivity index (χ2n) is 8.76. The summed E-state index contributed by atoms with van der Waals surface area (Å²) in [5.41, 5.74) is 1.48. The van der Waals surface area contributed by atoms with Crippen molar-refractivity contribution >= 4 is 39.9 Å². The van der Waals surface area contributed by atoms with E-state index in [0.29, 0.717) is 39.6 Å². The van der Waals surface area contributed by atoms with Gasteiger partial charge in [-0.3, -0.25) is 14.5 Å². The minimum absolute atomic E-state index is 0.00174. The van der Waals surface area contributed by atoms with Gasteiger partial charge in [-0.25, -0.2) is 9.78 Å². The highest BCUT2D eigenvalue weighted by atomic mass is 32.1. The van der Waals surface area contributed by atoms with Crippen LogP contribution in [0.5, 0.6) is 17.2 Å². The van der Waals surface area contributed by atoms with Crippen LogP contribution in [0.4, 0.5) is 5.13 Å². The lowest BCUT2D eigenvalue weighted by molar-refractivity contribution is -0.132. The summed E-state index contributed by atoms with van der Waals surface area (Å²) in [6, 6.07) is 8.73. The summed E-state index contributed by atoms with van der Waals surface area (Å²) in [6.45, 7) is 6.89. The first-order valence-electron chi connectivity index (χ1n) is 12.1. The summed E-state index contributed by atoms with van der Waals surface area (Å²) >= 11 is 0.901. The third kappa shape index (κ3) is 5.03. The fourth-order valence-electron chi connectivity index (χ4n) is 4.43. The number of hydrogen-bond donors (Lipinski definition) is 1. The number of hydrogen-bond acceptors (Lipinski definition) is 10. The SMILES string of the molecule is C=CCOC(=O)c1sc(N2C(=O)C(=O)/C(=C(/O)c3ccc(OC)cc3C)[C@@H]2c2cc(OC)ccc2OC)nc1C. The van der Waals surface area contributed by atoms with Crippen molar-refractivity contribution in [1.82, 2.24) is 4.98 Å². The monoisotopic (exact) mass is 564 g/mol. The highest BCUT2D eigenvalue weighted by Gasteiger charge is 2.49. The molecular weight excluding hydrogens is 536 g/mol. The van der Waals surface area contributed by atoms with Crippen LogP contribution in [-0.2, 0) is 14.3 Å². The van der Waals surface area contributed by atoms with E-state index in [1.807, 2.05) is 0 Å². The number of carbonyl (C=O) groups is 3. The maximum absolute atomic E-state index is 13.6. The number of thiazole rings is 1. The van der Waals surface area contributed by atoms with Gasteiger partial charge in [0, 0.05) is 11.1 Å². The van der Waals surface area contributed by atoms with Crippen molar-refractivity contribution in [3.8, 4) is 17.2 Å². The fraction of sp³-hybridized carbons (Fsp3) is 0.241. The Morgan fingerprint density at radius 2 is 1.75 bits per heavy atom. The number of rotatable bonds is 9. The number of Topliss-reactive ketones (excluding diaryl/α,β-unsaturated/α-hetero) is 1. The van der Waals surface area contributed by atoms with Crippen LogP contribution in [0, 0.1) is 13.8 Å². The average molecular weight is 565 g/mol. The molecule has 4 rings (SSSR count). The van der Waals surface area contributed by atoms with Crippen LogP contribution in [-0.4, -0.2) is 55.7 Å². The molecule has 1 N–H and O–H groups in total. The van der Waals surface area contributed by atoms with Gasteiger partial charge in [0.2, 0.25) is 0 Å². The Morgan fingerprint density at radius 1 is 1.07 bits per heavy atom. The van der Waals surface area contributed by atoms with Gasteiger partial charge in [-0.15, -0.1) is 0 Å². The minimum atomic E-state index is -1.16. The lowest BCUT2D eigenvalue weighted by Crippen LogP contribution is -2.29. The summed E-state index contributed by atoms with van der Waals surface area (Å²) in [4.78, 5) is 45.6. The molecule has 1 aliphatic rings. The molecule has 0 aliphatic carbocycles. The number of nitrogens with zero attached hydrogens (tertiary/aromatic N) is 2. The Kier molecular flexibility index (Phi) is 8.24. The first-order chi connectivity index (χ1) is 19.2. The van der Waals surface area contributed by atoms with Crippen molar-refractivity contribution in [2.75, 3.05) is 32.8 Å². The Hall–Kier alpha value is -4.64. The predicted octanol–water partition coefficient (Wildman–Crippen LogP) is 4.75. The number of aliphatic hydroxyl groups excluding tert-OH is 1. The Morgan fingerprint density at radius 3 is 2.38 bits per heavy atom. The number of benzene rings is 2. The topological polar surface area (TPSA) is 124 Å². The second kappa shape index (κ2) is 11.6. The Bertz CT molecular complexity index is 1540. The highest BCUT2D eigenvalue weighted by molar-refractivity contribution is 7.17. The molecule has 1 saturated heterocycles. The van der Waals surface area contributed by atoms with E-state index < -0.39 is 23.7 Å². The van der Waals surface area contributed by atoms with Crippen molar-refractivity contribution in [3.63, 3.8) is 0 Å². The standard InChI is InChI=1S/C29H28N2O8S/c1-7-12-39-28(35)26-16(3)30-29(40-26)31-23(20-14-18(37-5)9-11-21(20)38-6)22(25(33)27(31)34)24(32)19-10-8-17(36-4)13-15(19)2/h7-11,13-14,23,32H,1,12H2,2-6H3/b24-22+/t23-/m0/s1. The normalized spacial score (nSPS) is 16.1. The fourth-order valence-corrected chi connectivity index (χ4v) is 5.41. The molecule has 3 aromatic rings. The van der Waals surface area contributed by atoms with E-state index in [1.165, 1.54) is 27.4 Å². The number of carbonyl (C=O) groups excluding carboxylic acids is 3. The molecule has 2 heterocycles. The van der Waals surface area contributed by atoms with Crippen LogP contribution < -0.4 is 19.1 Å². The number of methoxy groups -OCH3 is 3. The molecule has 0 saturated carbocycles. The second-order valence-corrected chi connectivity index (χ2v) is 9.73. The number of aromatic nitrogens is 1. The van der Waals surface area contributed by atoms with Gasteiger partial charge in [0.1, 0.15) is 40.5 Å². The molecule has 208 valence electrons. The molecule has 1 amide bonds. The molecule has 1 atom stereocenters. The molecule has 2 aromatic carbocycles. The smallest absolute Gasteiger partial charge is 0.350 e. The van der Waals surface area contributed by atoms with Crippen LogP contribution >= 0.6 is 11.3 Å². The van der Waals surface area contributed by atoms with Crippen molar-refractivity contribution in [3.05, 3.63) is 81.9 Å². The van der Waals surface area contributed by atoms with Crippen LogP contribution in [0.25, 0.3) is 5.76 Å². The summed E-state index contributed by atoms with van der Waals surface area (Å²) in [5, 5.41) is 11.6. The zero-order chi connectivity index (χ0) is 29.1. The quantitative estimate of drug-likeness (QED) is 0.129. The van der Waals surface area contributed by atoms with E-state index in [1.54, 1.807) is 50.2 Å². The van der Waals surface area contributed by atoms with Crippen molar-refractivity contribution in [2.24, 2.45) is 0 Å². The van der Waals surface area contributed by atoms with E-state index in [4.69, 9.17) is 18.9 Å². The zero-order valence-electron chi connectivity index (χ0n) is 22.6. The van der Waals surface area contributed by atoms with Crippen LogP contribution in [0.15, 0.2) is 54.6 Å². The molecule has 0 radical (unpaired) electrons. The predicted molar refractivity (Wildman–Crippen MR) is 149 cm³/mol. The molecule has 0 spiro atoms. The minimum Gasteiger partial charge on any atom is -0.507 e. The van der Waals surface area contributed by atoms with Gasteiger partial charge in [-0.2, -0.15) is 0 Å². The Balaban J connectivity index is 1.98. The number of ketones is 1. The molecule has 0 bridgehead atoms. The van der Waals surface area contributed by atoms with Gasteiger partial charge in [-0.05, 0) is 55.8 Å². The lowest BCUT2D eigenvalue weighted by Gasteiger charge is -2.25. The number of amides is 1. The van der Waals surface area contributed by atoms with E-state index in [-0.39, 0.29) is 27.9 Å². The summed E-state index contributed by atoms with van der Waals surface area (Å²) in [7, 11) is 4.45.